The molecule has 9 heteroatoms. The van der Waals surface area contributed by atoms with Crippen molar-refractivity contribution in [3.05, 3.63) is 95.6 Å². The molecule has 208 valence electrons. The summed E-state index contributed by atoms with van der Waals surface area (Å²) in [5.41, 5.74) is 3.32. The lowest BCUT2D eigenvalue weighted by Gasteiger charge is -2.31. The largest absolute Gasteiger partial charge is 0.497 e. The van der Waals surface area contributed by atoms with E-state index in [0.717, 1.165) is 22.9 Å². The van der Waals surface area contributed by atoms with Gasteiger partial charge in [0.2, 0.25) is 21.8 Å². The minimum absolute atomic E-state index is 0.0735. The van der Waals surface area contributed by atoms with Crippen molar-refractivity contribution < 1.29 is 22.7 Å². The number of sulfonamides is 1. The van der Waals surface area contributed by atoms with Crippen LogP contribution in [0.15, 0.2) is 78.9 Å². The van der Waals surface area contributed by atoms with Gasteiger partial charge in [0.25, 0.3) is 0 Å². The van der Waals surface area contributed by atoms with Crippen LogP contribution in [0.3, 0.4) is 0 Å². The smallest absolute Gasteiger partial charge is 0.242 e. The van der Waals surface area contributed by atoms with E-state index >= 15 is 0 Å². The molecular weight excluding hydrogens is 514 g/mol. The van der Waals surface area contributed by atoms with Crippen LogP contribution in [0.1, 0.15) is 29.5 Å². The highest BCUT2D eigenvalue weighted by Crippen LogP contribution is 2.21. The average Bonchev–Trinajstić information content (AvgIpc) is 2.93. The van der Waals surface area contributed by atoms with E-state index < -0.39 is 16.1 Å². The standard InChI is InChI=1S/C30H37N3O5S/c1-23-15-17-26(18-16-23)33(39(4,36)37)19-9-14-29(34)32(22-25-12-8-13-27(20-25)38-3)28(30(35)31-2)21-24-10-6-5-7-11-24/h5-8,10-13,15-18,20,28H,9,14,19,21-22H2,1-4H3,(H,31,35)/t28-/m1/s1. The fourth-order valence-electron chi connectivity index (χ4n) is 4.40. The van der Waals surface area contributed by atoms with Gasteiger partial charge in [0.05, 0.1) is 19.1 Å². The first kappa shape index (κ1) is 29.7. The molecule has 0 aromatic heterocycles. The highest BCUT2D eigenvalue weighted by molar-refractivity contribution is 7.92. The molecule has 3 aromatic carbocycles. The lowest BCUT2D eigenvalue weighted by Crippen LogP contribution is -2.49. The third-order valence-electron chi connectivity index (χ3n) is 6.48. The lowest BCUT2D eigenvalue weighted by molar-refractivity contribution is -0.141. The predicted octanol–water partition coefficient (Wildman–Crippen LogP) is 3.94. The maximum absolute atomic E-state index is 13.7. The van der Waals surface area contributed by atoms with E-state index in [1.165, 1.54) is 4.31 Å². The van der Waals surface area contributed by atoms with Gasteiger partial charge in [-0.1, -0.05) is 60.2 Å². The lowest BCUT2D eigenvalue weighted by atomic mass is 10.0. The minimum atomic E-state index is -3.55. The molecule has 0 fully saturated rings. The maximum Gasteiger partial charge on any atom is 0.242 e. The SMILES string of the molecule is CNC(=O)[C@@H](Cc1ccccc1)N(Cc1cccc(OC)c1)C(=O)CCCN(c1ccc(C)cc1)S(C)(=O)=O. The number of methoxy groups -OCH3 is 1. The fraction of sp³-hybridized carbons (Fsp3) is 0.333. The summed E-state index contributed by atoms with van der Waals surface area (Å²) in [6.45, 7) is 2.28. The number of nitrogens with one attached hydrogen (secondary N) is 1. The molecule has 0 bridgehead atoms. The monoisotopic (exact) mass is 551 g/mol. The molecule has 1 atom stereocenters. The van der Waals surface area contributed by atoms with Gasteiger partial charge in [-0.15, -0.1) is 0 Å². The van der Waals surface area contributed by atoms with E-state index in [2.05, 4.69) is 5.32 Å². The molecule has 0 saturated heterocycles. The van der Waals surface area contributed by atoms with Crippen LogP contribution in [0.4, 0.5) is 5.69 Å². The number of hydrogen-bond donors (Lipinski definition) is 1. The number of ether oxygens (including phenoxy) is 1. The predicted molar refractivity (Wildman–Crippen MR) is 154 cm³/mol. The van der Waals surface area contributed by atoms with Crippen LogP contribution in [-0.2, 0) is 32.6 Å². The topological polar surface area (TPSA) is 96.0 Å². The summed E-state index contributed by atoms with van der Waals surface area (Å²) >= 11 is 0. The number of nitrogens with zero attached hydrogens (tertiary/aromatic N) is 2. The van der Waals surface area contributed by atoms with Crippen LogP contribution in [0.25, 0.3) is 0 Å². The van der Waals surface area contributed by atoms with Crippen molar-refractivity contribution in [1.29, 1.82) is 0 Å². The highest BCUT2D eigenvalue weighted by atomic mass is 32.2. The van der Waals surface area contributed by atoms with E-state index in [9.17, 15) is 18.0 Å². The molecule has 0 aliphatic carbocycles. The Labute approximate surface area is 231 Å². The van der Waals surface area contributed by atoms with Crippen molar-refractivity contribution in [3.63, 3.8) is 0 Å². The van der Waals surface area contributed by atoms with E-state index in [0.29, 0.717) is 24.3 Å². The molecule has 8 nitrogen and oxygen atoms in total. The van der Waals surface area contributed by atoms with Crippen molar-refractivity contribution in [3.8, 4) is 5.75 Å². The third-order valence-corrected chi connectivity index (χ3v) is 7.67. The fourth-order valence-corrected chi connectivity index (χ4v) is 5.37. The maximum atomic E-state index is 13.7. The van der Waals surface area contributed by atoms with Gasteiger partial charge in [-0.3, -0.25) is 13.9 Å². The number of aryl methyl sites for hydroxylation is 1. The van der Waals surface area contributed by atoms with E-state index in [-0.39, 0.29) is 31.3 Å². The molecule has 0 radical (unpaired) electrons. The Morgan fingerprint density at radius 3 is 2.23 bits per heavy atom. The number of hydrogen-bond acceptors (Lipinski definition) is 5. The second kappa shape index (κ2) is 13.8. The van der Waals surface area contributed by atoms with Crippen molar-refractivity contribution in [2.45, 2.75) is 38.8 Å². The molecular formula is C30H37N3O5S. The molecule has 0 saturated carbocycles. The Morgan fingerprint density at radius 2 is 1.62 bits per heavy atom. The molecule has 0 unspecified atom stereocenters. The zero-order chi connectivity index (χ0) is 28.4. The van der Waals surface area contributed by atoms with Gasteiger partial charge < -0.3 is 15.0 Å². The molecule has 1 N–H and O–H groups in total. The first-order chi connectivity index (χ1) is 18.6. The molecule has 2 amide bonds. The minimum Gasteiger partial charge on any atom is -0.497 e. The zero-order valence-electron chi connectivity index (χ0n) is 23.0. The summed E-state index contributed by atoms with van der Waals surface area (Å²) in [5, 5.41) is 2.70. The van der Waals surface area contributed by atoms with Gasteiger partial charge in [0, 0.05) is 33.0 Å². The Balaban J connectivity index is 1.85. The summed E-state index contributed by atoms with van der Waals surface area (Å²) in [7, 11) is -0.418. The summed E-state index contributed by atoms with van der Waals surface area (Å²) < 4.78 is 31.7. The Bertz CT molecular complexity index is 1340. The van der Waals surface area contributed by atoms with Crippen LogP contribution >= 0.6 is 0 Å². The van der Waals surface area contributed by atoms with Crippen LogP contribution in [0, 0.1) is 6.92 Å². The highest BCUT2D eigenvalue weighted by Gasteiger charge is 2.30. The second-order valence-electron chi connectivity index (χ2n) is 9.47. The summed E-state index contributed by atoms with van der Waals surface area (Å²) in [4.78, 5) is 28.4. The zero-order valence-corrected chi connectivity index (χ0v) is 23.8. The van der Waals surface area contributed by atoms with Gasteiger partial charge in [-0.25, -0.2) is 8.42 Å². The van der Waals surface area contributed by atoms with Gasteiger partial charge >= 0.3 is 0 Å². The van der Waals surface area contributed by atoms with Crippen molar-refractivity contribution in [2.24, 2.45) is 0 Å². The number of rotatable bonds is 13. The Kier molecular flexibility index (Phi) is 10.5. The third kappa shape index (κ3) is 8.58. The Morgan fingerprint density at radius 1 is 0.949 bits per heavy atom. The number of anilines is 1. The summed E-state index contributed by atoms with van der Waals surface area (Å²) in [5.74, 6) is 0.147. The molecule has 0 heterocycles. The van der Waals surface area contributed by atoms with Gasteiger partial charge in [0.15, 0.2) is 0 Å². The first-order valence-corrected chi connectivity index (χ1v) is 14.7. The number of likely N-dealkylation sites (N-methyl/N-ethyl adjacent to an activating group) is 1. The molecule has 0 aliphatic rings. The van der Waals surface area contributed by atoms with Crippen molar-refractivity contribution >= 4 is 27.5 Å². The van der Waals surface area contributed by atoms with Gasteiger partial charge in [-0.05, 0) is 48.7 Å². The van der Waals surface area contributed by atoms with Crippen LogP contribution in [0.5, 0.6) is 5.75 Å². The molecule has 3 aromatic rings. The van der Waals surface area contributed by atoms with Crippen molar-refractivity contribution in [1.82, 2.24) is 10.2 Å². The summed E-state index contributed by atoms with van der Waals surface area (Å²) in [6.07, 6.45) is 1.87. The van der Waals surface area contributed by atoms with E-state index in [4.69, 9.17) is 4.74 Å². The average molecular weight is 552 g/mol. The van der Waals surface area contributed by atoms with E-state index in [1.54, 1.807) is 31.2 Å². The van der Waals surface area contributed by atoms with Gasteiger partial charge in [0.1, 0.15) is 11.8 Å². The number of amides is 2. The number of benzene rings is 3. The molecule has 3 rings (SSSR count). The summed E-state index contributed by atoms with van der Waals surface area (Å²) in [6, 6.07) is 23.4. The Hall–Kier alpha value is -3.85. The second-order valence-corrected chi connectivity index (χ2v) is 11.4. The van der Waals surface area contributed by atoms with Crippen molar-refractivity contribution in [2.75, 3.05) is 31.3 Å². The van der Waals surface area contributed by atoms with E-state index in [1.807, 2.05) is 73.7 Å². The quantitative estimate of drug-likeness (QED) is 0.347. The molecule has 0 spiro atoms. The van der Waals surface area contributed by atoms with Crippen LogP contribution in [0.2, 0.25) is 0 Å². The van der Waals surface area contributed by atoms with Crippen LogP contribution in [-0.4, -0.2) is 58.1 Å². The number of carbonyl (C=O) groups excluding carboxylic acids is 2. The molecule has 0 aliphatic heterocycles. The molecule has 39 heavy (non-hydrogen) atoms. The first-order valence-electron chi connectivity index (χ1n) is 12.8. The normalized spacial score (nSPS) is 11.9. The van der Waals surface area contributed by atoms with Crippen LogP contribution < -0.4 is 14.4 Å². The number of carbonyl (C=O) groups is 2. The van der Waals surface area contributed by atoms with Gasteiger partial charge in [-0.2, -0.15) is 0 Å².